The fraction of sp³-hybridized carbons (Fsp3) is 0.167. The van der Waals surface area contributed by atoms with E-state index in [0.29, 0.717) is 24.5 Å². The van der Waals surface area contributed by atoms with Gasteiger partial charge in [0.1, 0.15) is 5.75 Å². The molecule has 0 saturated carbocycles. The van der Waals surface area contributed by atoms with Crippen molar-refractivity contribution in [2.24, 2.45) is 0 Å². The van der Waals surface area contributed by atoms with E-state index in [-0.39, 0.29) is 5.91 Å². The summed E-state index contributed by atoms with van der Waals surface area (Å²) < 4.78 is 5.52. The Balaban J connectivity index is 1.72. The molecule has 1 amide bonds. The van der Waals surface area contributed by atoms with Crippen LogP contribution in [0, 0.1) is 0 Å². The fourth-order valence-corrected chi connectivity index (χ4v) is 2.44. The first-order chi connectivity index (χ1) is 10.8. The second kappa shape index (κ2) is 6.35. The predicted octanol–water partition coefficient (Wildman–Crippen LogP) is 3.75. The van der Waals surface area contributed by atoms with Crippen LogP contribution < -0.4 is 10.1 Å². The van der Waals surface area contributed by atoms with Crippen LogP contribution in [0.25, 0.3) is 10.9 Å². The maximum absolute atomic E-state index is 12.2. The number of hydrogen-bond donors (Lipinski definition) is 2. The van der Waals surface area contributed by atoms with Gasteiger partial charge in [-0.05, 0) is 42.1 Å². The molecule has 0 spiro atoms. The van der Waals surface area contributed by atoms with Crippen molar-refractivity contribution >= 4 is 22.5 Å². The zero-order valence-electron chi connectivity index (χ0n) is 12.4. The van der Waals surface area contributed by atoms with Crippen LogP contribution in [0.1, 0.15) is 12.5 Å². The summed E-state index contributed by atoms with van der Waals surface area (Å²) >= 11 is 0. The summed E-state index contributed by atoms with van der Waals surface area (Å²) in [5, 5.41) is 4.06. The minimum Gasteiger partial charge on any atom is -0.492 e. The lowest BCUT2D eigenvalue weighted by Gasteiger charge is -2.11. The Morgan fingerprint density at radius 2 is 2.05 bits per heavy atom. The number of para-hydroxylation sites is 2. The van der Waals surface area contributed by atoms with Crippen molar-refractivity contribution in [3.8, 4) is 5.75 Å². The van der Waals surface area contributed by atoms with Gasteiger partial charge in [0.05, 0.1) is 18.7 Å². The molecule has 0 fully saturated rings. The number of ether oxygens (including phenoxy) is 1. The monoisotopic (exact) mass is 294 g/mol. The third-order valence-corrected chi connectivity index (χ3v) is 3.45. The summed E-state index contributed by atoms with van der Waals surface area (Å²) in [5.41, 5.74) is 2.72. The molecule has 0 aliphatic rings. The largest absolute Gasteiger partial charge is 0.492 e. The number of fused-ring (bicyclic) bond motifs is 1. The molecule has 4 heteroatoms. The van der Waals surface area contributed by atoms with Crippen LogP contribution in [0.4, 0.5) is 5.69 Å². The molecule has 3 rings (SSSR count). The second-order valence-electron chi connectivity index (χ2n) is 5.05. The number of rotatable bonds is 5. The van der Waals surface area contributed by atoms with E-state index in [9.17, 15) is 4.79 Å². The first kappa shape index (κ1) is 14.2. The molecule has 4 nitrogen and oxygen atoms in total. The molecule has 0 saturated heterocycles. The minimum atomic E-state index is -0.0574. The average Bonchev–Trinajstić information content (AvgIpc) is 2.97. The van der Waals surface area contributed by atoms with Crippen LogP contribution >= 0.6 is 0 Å². The highest BCUT2D eigenvalue weighted by atomic mass is 16.5. The Kier molecular flexibility index (Phi) is 4.10. The van der Waals surface area contributed by atoms with E-state index in [1.165, 1.54) is 0 Å². The number of aromatic nitrogens is 1. The Bertz CT molecular complexity index is 792. The van der Waals surface area contributed by atoms with Crippen LogP contribution in [0.2, 0.25) is 0 Å². The molecule has 2 N–H and O–H groups in total. The Morgan fingerprint density at radius 1 is 1.18 bits per heavy atom. The lowest BCUT2D eigenvalue weighted by Crippen LogP contribution is -2.15. The van der Waals surface area contributed by atoms with Crippen molar-refractivity contribution < 1.29 is 9.53 Å². The van der Waals surface area contributed by atoms with E-state index < -0.39 is 0 Å². The topological polar surface area (TPSA) is 54.1 Å². The summed E-state index contributed by atoms with van der Waals surface area (Å²) in [5.74, 6) is 0.635. The summed E-state index contributed by atoms with van der Waals surface area (Å²) in [4.78, 5) is 15.4. The van der Waals surface area contributed by atoms with Gasteiger partial charge in [-0.1, -0.05) is 24.3 Å². The molecule has 0 radical (unpaired) electrons. The Hall–Kier alpha value is -2.75. The first-order valence-corrected chi connectivity index (χ1v) is 7.34. The van der Waals surface area contributed by atoms with Crippen LogP contribution in [-0.4, -0.2) is 17.5 Å². The van der Waals surface area contributed by atoms with Crippen LogP contribution in [0.3, 0.4) is 0 Å². The molecule has 3 aromatic rings. The second-order valence-corrected chi connectivity index (χ2v) is 5.05. The molecular formula is C18H18N2O2. The summed E-state index contributed by atoms with van der Waals surface area (Å²) in [6, 6.07) is 15.5. The lowest BCUT2D eigenvalue weighted by atomic mass is 10.1. The van der Waals surface area contributed by atoms with Crippen molar-refractivity contribution in [1.29, 1.82) is 0 Å². The number of anilines is 1. The van der Waals surface area contributed by atoms with Gasteiger partial charge in [0.2, 0.25) is 5.91 Å². The molecule has 0 bridgehead atoms. The number of hydrogen-bond acceptors (Lipinski definition) is 2. The summed E-state index contributed by atoms with van der Waals surface area (Å²) in [6.45, 7) is 2.49. The number of amides is 1. The van der Waals surface area contributed by atoms with E-state index in [1.807, 2.05) is 61.7 Å². The zero-order chi connectivity index (χ0) is 15.4. The van der Waals surface area contributed by atoms with Crippen molar-refractivity contribution in [1.82, 2.24) is 4.98 Å². The molecule has 112 valence electrons. The van der Waals surface area contributed by atoms with Gasteiger partial charge >= 0.3 is 0 Å². The third-order valence-electron chi connectivity index (χ3n) is 3.45. The van der Waals surface area contributed by atoms with Crippen LogP contribution in [0.5, 0.6) is 5.75 Å². The van der Waals surface area contributed by atoms with Crippen molar-refractivity contribution in [2.45, 2.75) is 13.3 Å². The number of benzene rings is 2. The van der Waals surface area contributed by atoms with Gasteiger partial charge in [0, 0.05) is 11.7 Å². The maximum atomic E-state index is 12.2. The van der Waals surface area contributed by atoms with Crippen molar-refractivity contribution in [2.75, 3.05) is 11.9 Å². The number of carbonyl (C=O) groups excluding carboxylic acids is 1. The molecule has 1 heterocycles. The molecule has 22 heavy (non-hydrogen) atoms. The fourth-order valence-electron chi connectivity index (χ4n) is 2.44. The lowest BCUT2D eigenvalue weighted by molar-refractivity contribution is -0.115. The van der Waals surface area contributed by atoms with E-state index in [4.69, 9.17) is 4.74 Å². The van der Waals surface area contributed by atoms with Gasteiger partial charge in [0.15, 0.2) is 0 Å². The third kappa shape index (κ3) is 3.11. The molecule has 0 unspecified atom stereocenters. The SMILES string of the molecule is CCOc1ccccc1NC(=O)Cc1ccc2cc[nH]c2c1. The Morgan fingerprint density at radius 3 is 2.91 bits per heavy atom. The van der Waals surface area contributed by atoms with Crippen LogP contribution in [0.15, 0.2) is 54.7 Å². The minimum absolute atomic E-state index is 0.0574. The quantitative estimate of drug-likeness (QED) is 0.753. The molecule has 0 aliphatic carbocycles. The zero-order valence-corrected chi connectivity index (χ0v) is 12.4. The highest BCUT2D eigenvalue weighted by molar-refractivity contribution is 5.94. The number of carbonyl (C=O) groups is 1. The van der Waals surface area contributed by atoms with Gasteiger partial charge in [-0.25, -0.2) is 0 Å². The predicted molar refractivity (Wildman–Crippen MR) is 88.2 cm³/mol. The van der Waals surface area contributed by atoms with Crippen LogP contribution in [-0.2, 0) is 11.2 Å². The molecule has 2 aromatic carbocycles. The molecule has 1 aromatic heterocycles. The van der Waals surface area contributed by atoms with Gasteiger partial charge in [-0.2, -0.15) is 0 Å². The maximum Gasteiger partial charge on any atom is 0.228 e. The standard InChI is InChI=1S/C18H18N2O2/c1-2-22-17-6-4-3-5-15(17)20-18(21)12-13-7-8-14-9-10-19-16(14)11-13/h3-11,19H,2,12H2,1H3,(H,20,21). The van der Waals surface area contributed by atoms with E-state index in [2.05, 4.69) is 10.3 Å². The van der Waals surface area contributed by atoms with Gasteiger partial charge in [0.25, 0.3) is 0 Å². The van der Waals surface area contributed by atoms with E-state index in [1.54, 1.807) is 0 Å². The molecule has 0 aliphatic heterocycles. The molecular weight excluding hydrogens is 276 g/mol. The number of nitrogens with one attached hydrogen (secondary N) is 2. The van der Waals surface area contributed by atoms with Gasteiger partial charge in [-0.3, -0.25) is 4.79 Å². The van der Waals surface area contributed by atoms with E-state index in [0.717, 1.165) is 16.5 Å². The van der Waals surface area contributed by atoms with Crippen molar-refractivity contribution in [3.05, 3.63) is 60.3 Å². The van der Waals surface area contributed by atoms with Crippen molar-refractivity contribution in [3.63, 3.8) is 0 Å². The highest BCUT2D eigenvalue weighted by Crippen LogP contribution is 2.24. The van der Waals surface area contributed by atoms with Gasteiger partial charge < -0.3 is 15.0 Å². The highest BCUT2D eigenvalue weighted by Gasteiger charge is 2.08. The number of aromatic amines is 1. The average molecular weight is 294 g/mol. The summed E-state index contributed by atoms with van der Waals surface area (Å²) in [7, 11) is 0. The number of H-pyrrole nitrogens is 1. The smallest absolute Gasteiger partial charge is 0.228 e. The Labute approximate surface area is 129 Å². The normalized spacial score (nSPS) is 10.6. The van der Waals surface area contributed by atoms with E-state index >= 15 is 0 Å². The molecule has 0 atom stereocenters. The first-order valence-electron chi connectivity index (χ1n) is 7.34. The van der Waals surface area contributed by atoms with Gasteiger partial charge in [-0.15, -0.1) is 0 Å². The summed E-state index contributed by atoms with van der Waals surface area (Å²) in [6.07, 6.45) is 2.22.